The molecule has 0 aromatic carbocycles. The lowest BCUT2D eigenvalue weighted by Gasteiger charge is -2.46. The van der Waals surface area contributed by atoms with Crippen LogP contribution in [0.15, 0.2) is 0 Å². The molecule has 4 amide bonds. The number of carbonyl (C=O) groups is 3. The van der Waals surface area contributed by atoms with Gasteiger partial charge in [-0.05, 0) is 69.4 Å². The van der Waals surface area contributed by atoms with Crippen molar-refractivity contribution in [3.8, 4) is 0 Å². The van der Waals surface area contributed by atoms with Gasteiger partial charge in [0.25, 0.3) is 5.91 Å². The molecule has 1 aliphatic carbocycles. The minimum Gasteiger partial charge on any atom is -0.341 e. The standard InChI is InChI=1S/C22H36N4O3/c1-15-10-21(2,3)14-22(11-15)19(28)26(20(29)23-22)13-18(27)25-9-7-17-16(12-25)6-5-8-24(17)4/h15-17H,5-14H2,1-4H3,(H,23,29)/t15-,16-,17+,22+/m1/s1. The second-order valence-corrected chi connectivity index (χ2v) is 10.8. The van der Waals surface area contributed by atoms with Gasteiger partial charge in [0.15, 0.2) is 0 Å². The van der Waals surface area contributed by atoms with Crippen LogP contribution in [0.3, 0.4) is 0 Å². The number of likely N-dealkylation sites (tertiary alicyclic amines) is 2. The Hall–Kier alpha value is -1.63. The van der Waals surface area contributed by atoms with E-state index in [-0.39, 0.29) is 23.8 Å². The van der Waals surface area contributed by atoms with E-state index in [1.54, 1.807) is 0 Å². The average Bonchev–Trinajstić information content (AvgIpc) is 2.83. The number of rotatable bonds is 2. The second-order valence-electron chi connectivity index (χ2n) is 10.8. The maximum Gasteiger partial charge on any atom is 0.325 e. The summed E-state index contributed by atoms with van der Waals surface area (Å²) in [6.07, 6.45) is 5.64. The smallest absolute Gasteiger partial charge is 0.325 e. The molecule has 3 aliphatic heterocycles. The van der Waals surface area contributed by atoms with E-state index in [0.717, 1.165) is 32.4 Å². The molecule has 3 saturated heterocycles. The Balaban J connectivity index is 1.42. The fraction of sp³-hybridized carbons (Fsp3) is 0.864. The third-order valence-corrected chi connectivity index (χ3v) is 7.62. The molecular weight excluding hydrogens is 368 g/mol. The van der Waals surface area contributed by atoms with Crippen LogP contribution in [0.1, 0.15) is 59.3 Å². The Labute approximate surface area is 174 Å². The van der Waals surface area contributed by atoms with Crippen molar-refractivity contribution in [1.82, 2.24) is 20.0 Å². The zero-order valence-corrected chi connectivity index (χ0v) is 18.4. The van der Waals surface area contributed by atoms with E-state index in [1.165, 1.54) is 11.3 Å². The average molecular weight is 405 g/mol. The first kappa shape index (κ1) is 20.6. The zero-order chi connectivity index (χ0) is 21.0. The van der Waals surface area contributed by atoms with Crippen LogP contribution in [0.4, 0.5) is 4.79 Å². The molecule has 7 heteroatoms. The van der Waals surface area contributed by atoms with E-state index in [0.29, 0.717) is 37.3 Å². The van der Waals surface area contributed by atoms with Crippen molar-refractivity contribution >= 4 is 17.8 Å². The molecule has 4 rings (SSSR count). The Morgan fingerprint density at radius 3 is 2.66 bits per heavy atom. The van der Waals surface area contributed by atoms with Gasteiger partial charge in [-0.2, -0.15) is 0 Å². The summed E-state index contributed by atoms with van der Waals surface area (Å²) in [6, 6.07) is 0.152. The Morgan fingerprint density at radius 2 is 1.93 bits per heavy atom. The molecule has 4 aliphatic rings. The first-order valence-corrected chi connectivity index (χ1v) is 11.2. The molecular formula is C22H36N4O3. The van der Waals surface area contributed by atoms with Crippen molar-refractivity contribution in [3.63, 3.8) is 0 Å². The summed E-state index contributed by atoms with van der Waals surface area (Å²) in [5.74, 6) is 0.560. The Bertz CT molecular complexity index is 708. The third kappa shape index (κ3) is 3.78. The van der Waals surface area contributed by atoms with Gasteiger partial charge in [0.05, 0.1) is 0 Å². The minimum atomic E-state index is -0.836. The number of nitrogens with one attached hydrogen (secondary N) is 1. The molecule has 29 heavy (non-hydrogen) atoms. The molecule has 0 aromatic rings. The third-order valence-electron chi connectivity index (χ3n) is 7.62. The van der Waals surface area contributed by atoms with E-state index in [9.17, 15) is 14.4 Å². The van der Waals surface area contributed by atoms with Gasteiger partial charge in [-0.15, -0.1) is 0 Å². The van der Waals surface area contributed by atoms with Crippen molar-refractivity contribution in [2.24, 2.45) is 17.3 Å². The molecule has 4 atom stereocenters. The molecule has 4 fully saturated rings. The maximum atomic E-state index is 13.3. The molecule has 1 spiro atoms. The maximum absolute atomic E-state index is 13.3. The number of hydrogen-bond acceptors (Lipinski definition) is 4. The quantitative estimate of drug-likeness (QED) is 0.715. The molecule has 7 nitrogen and oxygen atoms in total. The van der Waals surface area contributed by atoms with Crippen LogP contribution in [0.2, 0.25) is 0 Å². The Morgan fingerprint density at radius 1 is 1.17 bits per heavy atom. The highest BCUT2D eigenvalue weighted by molar-refractivity contribution is 6.09. The lowest BCUT2D eigenvalue weighted by atomic mass is 9.64. The van der Waals surface area contributed by atoms with Crippen LogP contribution in [0.25, 0.3) is 0 Å². The van der Waals surface area contributed by atoms with Crippen LogP contribution in [-0.2, 0) is 9.59 Å². The van der Waals surface area contributed by atoms with E-state index < -0.39 is 11.6 Å². The predicted molar refractivity (Wildman–Crippen MR) is 110 cm³/mol. The molecule has 1 saturated carbocycles. The van der Waals surface area contributed by atoms with Gasteiger partial charge in [-0.3, -0.25) is 14.5 Å². The van der Waals surface area contributed by atoms with Crippen molar-refractivity contribution in [2.75, 3.05) is 33.2 Å². The SMILES string of the molecule is C[C@@H]1CC(C)(C)C[C@]2(C1)NC(=O)N(CC(=O)N1CC[C@H]3[C@H](CCCN3C)C1)C2=O. The number of piperidine rings is 2. The minimum absolute atomic E-state index is 0.00445. The fourth-order valence-corrected chi connectivity index (χ4v) is 6.76. The van der Waals surface area contributed by atoms with Crippen molar-refractivity contribution < 1.29 is 14.4 Å². The van der Waals surface area contributed by atoms with Gasteiger partial charge in [0.1, 0.15) is 12.1 Å². The van der Waals surface area contributed by atoms with Crippen molar-refractivity contribution in [1.29, 1.82) is 0 Å². The highest BCUT2D eigenvalue weighted by Gasteiger charge is 2.56. The Kier molecular flexibility index (Phi) is 5.16. The van der Waals surface area contributed by atoms with Crippen LogP contribution in [-0.4, -0.2) is 77.4 Å². The van der Waals surface area contributed by atoms with E-state index in [1.807, 2.05) is 4.90 Å². The summed E-state index contributed by atoms with van der Waals surface area (Å²) in [5.41, 5.74) is -0.840. The first-order chi connectivity index (χ1) is 13.6. The number of nitrogens with zero attached hydrogens (tertiary/aromatic N) is 3. The van der Waals surface area contributed by atoms with Crippen LogP contribution in [0, 0.1) is 17.3 Å². The lowest BCUT2D eigenvalue weighted by molar-refractivity contribution is -0.142. The van der Waals surface area contributed by atoms with Crippen LogP contribution >= 0.6 is 0 Å². The predicted octanol–water partition coefficient (Wildman–Crippen LogP) is 2.07. The van der Waals surface area contributed by atoms with E-state index in [4.69, 9.17) is 0 Å². The monoisotopic (exact) mass is 404 g/mol. The number of urea groups is 1. The molecule has 0 radical (unpaired) electrons. The number of fused-ring (bicyclic) bond motifs is 1. The number of amides is 4. The summed E-state index contributed by atoms with van der Waals surface area (Å²) >= 11 is 0. The molecule has 3 heterocycles. The second kappa shape index (κ2) is 7.25. The normalized spacial score (nSPS) is 37.6. The zero-order valence-electron chi connectivity index (χ0n) is 18.4. The first-order valence-electron chi connectivity index (χ1n) is 11.2. The molecule has 0 unspecified atom stereocenters. The highest BCUT2D eigenvalue weighted by Crippen LogP contribution is 2.46. The summed E-state index contributed by atoms with van der Waals surface area (Å²) in [5, 5.41) is 2.97. The van der Waals surface area contributed by atoms with Crippen LogP contribution < -0.4 is 5.32 Å². The number of carbonyl (C=O) groups excluding carboxylic acids is 3. The fourth-order valence-electron chi connectivity index (χ4n) is 6.76. The van der Waals surface area contributed by atoms with Gasteiger partial charge in [-0.1, -0.05) is 20.8 Å². The van der Waals surface area contributed by atoms with Gasteiger partial charge in [-0.25, -0.2) is 4.79 Å². The van der Waals surface area contributed by atoms with Gasteiger partial charge in [0, 0.05) is 19.1 Å². The van der Waals surface area contributed by atoms with Gasteiger partial charge < -0.3 is 15.1 Å². The summed E-state index contributed by atoms with van der Waals surface area (Å²) in [4.78, 5) is 44.4. The summed E-state index contributed by atoms with van der Waals surface area (Å²) in [7, 11) is 2.17. The summed E-state index contributed by atoms with van der Waals surface area (Å²) in [6.45, 7) is 8.91. The topological polar surface area (TPSA) is 73.0 Å². The van der Waals surface area contributed by atoms with Crippen LogP contribution in [0.5, 0.6) is 0 Å². The largest absolute Gasteiger partial charge is 0.341 e. The molecule has 0 bridgehead atoms. The molecule has 1 N–H and O–H groups in total. The number of hydrogen-bond donors (Lipinski definition) is 1. The van der Waals surface area contributed by atoms with Crippen molar-refractivity contribution in [2.45, 2.75) is 70.9 Å². The van der Waals surface area contributed by atoms with Gasteiger partial charge in [0.2, 0.25) is 5.91 Å². The van der Waals surface area contributed by atoms with Crippen molar-refractivity contribution in [3.05, 3.63) is 0 Å². The number of imide groups is 1. The van der Waals surface area contributed by atoms with E-state index >= 15 is 0 Å². The highest BCUT2D eigenvalue weighted by atomic mass is 16.2. The summed E-state index contributed by atoms with van der Waals surface area (Å²) < 4.78 is 0. The molecule has 162 valence electrons. The van der Waals surface area contributed by atoms with E-state index in [2.05, 4.69) is 38.0 Å². The lowest BCUT2D eigenvalue weighted by Crippen LogP contribution is -2.56. The molecule has 0 aromatic heterocycles. The van der Waals surface area contributed by atoms with Gasteiger partial charge >= 0.3 is 6.03 Å².